The third-order valence-electron chi connectivity index (χ3n) is 2.89. The Kier molecular flexibility index (Phi) is 3.83. The molecule has 20 heavy (non-hydrogen) atoms. The van der Waals surface area contributed by atoms with Gasteiger partial charge in [0.25, 0.3) is 0 Å². The van der Waals surface area contributed by atoms with Crippen molar-refractivity contribution in [3.63, 3.8) is 0 Å². The molecule has 1 aromatic heterocycles. The second-order valence-corrected chi connectivity index (χ2v) is 4.12. The van der Waals surface area contributed by atoms with E-state index in [2.05, 4.69) is 11.2 Å². The molecule has 5 nitrogen and oxygen atoms in total. The Morgan fingerprint density at radius 1 is 1.35 bits per heavy atom. The number of anilines is 1. The van der Waals surface area contributed by atoms with Gasteiger partial charge in [-0.1, -0.05) is 30.3 Å². The first-order valence-electron chi connectivity index (χ1n) is 6.14. The largest absolute Gasteiger partial charge is 0.383 e. The molecular weight excluding hydrogens is 250 g/mol. The van der Waals surface area contributed by atoms with Crippen LogP contribution in [0.15, 0.2) is 30.3 Å². The first-order chi connectivity index (χ1) is 9.71. The molecule has 0 radical (unpaired) electrons. The highest BCUT2D eigenvalue weighted by Crippen LogP contribution is 2.24. The highest BCUT2D eigenvalue weighted by atomic mass is 15.3. The zero-order chi connectivity index (χ0) is 14.5. The SMILES string of the molecule is CCn1nc(/C(C#N)=C/c2ccccc2)c(C#N)c1N. The van der Waals surface area contributed by atoms with Crippen LogP contribution in [0.1, 0.15) is 23.7 Å². The summed E-state index contributed by atoms with van der Waals surface area (Å²) in [5.74, 6) is 0.291. The van der Waals surface area contributed by atoms with Crippen LogP contribution in [0.2, 0.25) is 0 Å². The van der Waals surface area contributed by atoms with Crippen LogP contribution < -0.4 is 5.73 Å². The first kappa shape index (κ1) is 13.4. The van der Waals surface area contributed by atoms with E-state index in [0.717, 1.165) is 5.56 Å². The maximum Gasteiger partial charge on any atom is 0.140 e. The Morgan fingerprint density at radius 2 is 2.05 bits per heavy atom. The summed E-state index contributed by atoms with van der Waals surface area (Å²) in [6, 6.07) is 13.5. The zero-order valence-corrected chi connectivity index (χ0v) is 11.0. The van der Waals surface area contributed by atoms with Gasteiger partial charge in [-0.3, -0.25) is 0 Å². The molecule has 0 saturated carbocycles. The number of aryl methyl sites for hydroxylation is 1. The van der Waals surface area contributed by atoms with E-state index in [-0.39, 0.29) is 5.56 Å². The van der Waals surface area contributed by atoms with Gasteiger partial charge in [0.1, 0.15) is 29.2 Å². The van der Waals surface area contributed by atoms with E-state index in [9.17, 15) is 10.5 Å². The van der Waals surface area contributed by atoms with Crippen molar-refractivity contribution in [2.45, 2.75) is 13.5 Å². The molecule has 0 aliphatic heterocycles. The Bertz CT molecular complexity index is 726. The Labute approximate surface area is 117 Å². The molecule has 0 aliphatic carbocycles. The lowest BCUT2D eigenvalue weighted by Gasteiger charge is -1.96. The van der Waals surface area contributed by atoms with Gasteiger partial charge >= 0.3 is 0 Å². The second-order valence-electron chi connectivity index (χ2n) is 4.12. The van der Waals surface area contributed by atoms with Crippen LogP contribution in [0.25, 0.3) is 11.6 Å². The molecule has 0 aliphatic rings. The molecule has 1 heterocycles. The average molecular weight is 263 g/mol. The molecule has 98 valence electrons. The summed E-state index contributed by atoms with van der Waals surface area (Å²) in [5, 5.41) is 22.8. The fourth-order valence-electron chi connectivity index (χ4n) is 1.88. The fraction of sp³-hybridized carbons (Fsp3) is 0.133. The van der Waals surface area contributed by atoms with Gasteiger partial charge in [0.2, 0.25) is 0 Å². The molecule has 0 bridgehead atoms. The molecule has 1 aromatic carbocycles. The smallest absolute Gasteiger partial charge is 0.140 e. The van der Waals surface area contributed by atoms with E-state index >= 15 is 0 Å². The summed E-state index contributed by atoms with van der Waals surface area (Å²) >= 11 is 0. The summed E-state index contributed by atoms with van der Waals surface area (Å²) < 4.78 is 1.52. The number of nitriles is 2. The minimum atomic E-state index is 0.246. The number of aromatic nitrogens is 2. The van der Waals surface area contributed by atoms with Crippen LogP contribution in [-0.2, 0) is 6.54 Å². The summed E-state index contributed by atoms with van der Waals surface area (Å²) in [4.78, 5) is 0. The van der Waals surface area contributed by atoms with Crippen molar-refractivity contribution in [1.29, 1.82) is 10.5 Å². The first-order valence-corrected chi connectivity index (χ1v) is 6.14. The number of nitrogens with two attached hydrogens (primary N) is 1. The Morgan fingerprint density at radius 3 is 2.60 bits per heavy atom. The summed E-state index contributed by atoms with van der Waals surface area (Å²) in [5.41, 5.74) is 7.63. The number of allylic oxidation sites excluding steroid dienone is 1. The van der Waals surface area contributed by atoms with E-state index in [1.165, 1.54) is 4.68 Å². The molecule has 0 saturated heterocycles. The highest BCUT2D eigenvalue weighted by molar-refractivity contribution is 5.91. The van der Waals surface area contributed by atoms with Gasteiger partial charge in [-0.2, -0.15) is 15.6 Å². The van der Waals surface area contributed by atoms with Gasteiger partial charge in [-0.15, -0.1) is 0 Å². The monoisotopic (exact) mass is 263 g/mol. The van der Waals surface area contributed by atoms with Crippen molar-refractivity contribution >= 4 is 17.5 Å². The van der Waals surface area contributed by atoms with Gasteiger partial charge in [-0.05, 0) is 18.6 Å². The van der Waals surface area contributed by atoms with E-state index in [0.29, 0.717) is 23.6 Å². The van der Waals surface area contributed by atoms with Crippen LogP contribution in [0.5, 0.6) is 0 Å². The lowest BCUT2D eigenvalue weighted by molar-refractivity contribution is 0.667. The van der Waals surface area contributed by atoms with Crippen LogP contribution in [0.4, 0.5) is 5.82 Å². The molecular formula is C15H13N5. The Balaban J connectivity index is 2.57. The van der Waals surface area contributed by atoms with Crippen LogP contribution >= 0.6 is 0 Å². The van der Waals surface area contributed by atoms with E-state index in [1.807, 2.05) is 43.3 Å². The lowest BCUT2D eigenvalue weighted by atomic mass is 10.1. The topological polar surface area (TPSA) is 91.4 Å². The van der Waals surface area contributed by atoms with Crippen molar-refractivity contribution < 1.29 is 0 Å². The normalized spacial score (nSPS) is 10.8. The van der Waals surface area contributed by atoms with Gasteiger partial charge in [0.15, 0.2) is 0 Å². The predicted octanol–water partition coefficient (Wildman–Crippen LogP) is 2.42. The number of benzene rings is 1. The molecule has 5 heteroatoms. The van der Waals surface area contributed by atoms with Gasteiger partial charge in [0.05, 0.1) is 5.57 Å². The van der Waals surface area contributed by atoms with Crippen LogP contribution in [0, 0.1) is 22.7 Å². The number of nitrogen functional groups attached to an aromatic ring is 1. The van der Waals surface area contributed by atoms with Crippen molar-refractivity contribution in [3.05, 3.63) is 47.2 Å². The second kappa shape index (κ2) is 5.73. The van der Waals surface area contributed by atoms with E-state index < -0.39 is 0 Å². The third kappa shape index (κ3) is 2.38. The summed E-state index contributed by atoms with van der Waals surface area (Å²) in [6.45, 7) is 2.42. The van der Waals surface area contributed by atoms with Crippen LogP contribution in [-0.4, -0.2) is 9.78 Å². The minimum absolute atomic E-state index is 0.246. The zero-order valence-electron chi connectivity index (χ0n) is 11.0. The van der Waals surface area contributed by atoms with Crippen molar-refractivity contribution in [2.24, 2.45) is 0 Å². The fourth-order valence-corrected chi connectivity index (χ4v) is 1.88. The quantitative estimate of drug-likeness (QED) is 0.861. The molecule has 2 aromatic rings. The molecule has 2 N–H and O–H groups in total. The number of hydrogen-bond donors (Lipinski definition) is 1. The predicted molar refractivity (Wildman–Crippen MR) is 77.0 cm³/mol. The molecule has 2 rings (SSSR count). The van der Waals surface area contributed by atoms with E-state index in [4.69, 9.17) is 5.73 Å². The number of nitrogens with zero attached hydrogens (tertiary/aromatic N) is 4. The molecule has 0 unspecified atom stereocenters. The van der Waals surface area contributed by atoms with Crippen molar-refractivity contribution in [1.82, 2.24) is 9.78 Å². The summed E-state index contributed by atoms with van der Waals surface area (Å²) in [7, 11) is 0. The number of hydrogen-bond acceptors (Lipinski definition) is 4. The highest BCUT2D eigenvalue weighted by Gasteiger charge is 2.18. The molecule has 0 amide bonds. The average Bonchev–Trinajstić information content (AvgIpc) is 2.81. The maximum absolute atomic E-state index is 9.32. The molecule has 0 atom stereocenters. The lowest BCUT2D eigenvalue weighted by Crippen LogP contribution is -2.02. The minimum Gasteiger partial charge on any atom is -0.383 e. The van der Waals surface area contributed by atoms with Gasteiger partial charge < -0.3 is 5.73 Å². The van der Waals surface area contributed by atoms with Crippen molar-refractivity contribution in [2.75, 3.05) is 5.73 Å². The Hall–Kier alpha value is -3.05. The van der Waals surface area contributed by atoms with Crippen LogP contribution in [0.3, 0.4) is 0 Å². The van der Waals surface area contributed by atoms with E-state index in [1.54, 1.807) is 6.08 Å². The molecule has 0 fully saturated rings. The molecule has 0 spiro atoms. The standard InChI is InChI=1S/C15H13N5/c1-2-20-15(18)13(10-17)14(19-20)12(9-16)8-11-6-4-3-5-7-11/h3-8H,2,18H2,1H3/b12-8+. The van der Waals surface area contributed by atoms with Crippen molar-refractivity contribution in [3.8, 4) is 12.1 Å². The summed E-state index contributed by atoms with van der Waals surface area (Å²) in [6.07, 6.45) is 1.70. The third-order valence-corrected chi connectivity index (χ3v) is 2.89. The van der Waals surface area contributed by atoms with Gasteiger partial charge in [0, 0.05) is 6.54 Å². The van der Waals surface area contributed by atoms with Gasteiger partial charge in [-0.25, -0.2) is 4.68 Å². The number of rotatable bonds is 3. The maximum atomic E-state index is 9.32.